The van der Waals surface area contributed by atoms with E-state index in [1.54, 1.807) is 0 Å². The number of ether oxygens (including phenoxy) is 2. The first-order valence-electron chi connectivity index (χ1n) is 5.77. The monoisotopic (exact) mass is 225 g/mol. The van der Waals surface area contributed by atoms with Crippen molar-refractivity contribution in [2.75, 3.05) is 13.2 Å². The van der Waals surface area contributed by atoms with Crippen molar-refractivity contribution < 1.29 is 13.9 Å². The van der Waals surface area contributed by atoms with Crippen molar-refractivity contribution in [2.24, 2.45) is 5.73 Å². The molecule has 0 radical (unpaired) electrons. The molecule has 16 heavy (non-hydrogen) atoms. The van der Waals surface area contributed by atoms with E-state index < -0.39 is 0 Å². The quantitative estimate of drug-likeness (QED) is 0.848. The standard InChI is InChI=1S/C12H19NO3/c1-9-10(7-13)6-12(16-9)8-15-11-2-4-14-5-3-11/h6,11H,2-5,7-8,13H2,1H3. The van der Waals surface area contributed by atoms with Crippen molar-refractivity contribution in [1.29, 1.82) is 0 Å². The van der Waals surface area contributed by atoms with Crippen LogP contribution in [0.15, 0.2) is 10.5 Å². The van der Waals surface area contributed by atoms with Gasteiger partial charge in [-0.3, -0.25) is 0 Å². The van der Waals surface area contributed by atoms with E-state index in [4.69, 9.17) is 19.6 Å². The first-order chi connectivity index (χ1) is 7.79. The Hall–Kier alpha value is -0.840. The molecule has 0 atom stereocenters. The van der Waals surface area contributed by atoms with Crippen LogP contribution in [-0.2, 0) is 22.6 Å². The fraction of sp³-hybridized carbons (Fsp3) is 0.667. The third-order valence-corrected chi connectivity index (χ3v) is 2.92. The fourth-order valence-electron chi connectivity index (χ4n) is 1.90. The lowest BCUT2D eigenvalue weighted by Crippen LogP contribution is -2.23. The van der Waals surface area contributed by atoms with Gasteiger partial charge in [0.25, 0.3) is 0 Å². The summed E-state index contributed by atoms with van der Waals surface area (Å²) in [6, 6.07) is 1.98. The lowest BCUT2D eigenvalue weighted by atomic mass is 10.1. The van der Waals surface area contributed by atoms with Gasteiger partial charge in [-0.2, -0.15) is 0 Å². The van der Waals surface area contributed by atoms with E-state index in [9.17, 15) is 0 Å². The SMILES string of the molecule is Cc1oc(COC2CCOCC2)cc1CN. The summed E-state index contributed by atoms with van der Waals surface area (Å²) in [6.07, 6.45) is 2.26. The Morgan fingerprint density at radius 1 is 1.44 bits per heavy atom. The Morgan fingerprint density at radius 3 is 2.81 bits per heavy atom. The highest BCUT2D eigenvalue weighted by atomic mass is 16.5. The topological polar surface area (TPSA) is 57.6 Å². The van der Waals surface area contributed by atoms with Gasteiger partial charge in [-0.15, -0.1) is 0 Å². The van der Waals surface area contributed by atoms with Gasteiger partial charge < -0.3 is 19.6 Å². The molecule has 1 saturated heterocycles. The molecule has 0 unspecified atom stereocenters. The zero-order valence-corrected chi connectivity index (χ0v) is 9.70. The van der Waals surface area contributed by atoms with Crippen LogP contribution >= 0.6 is 0 Å². The van der Waals surface area contributed by atoms with Crippen LogP contribution in [0.5, 0.6) is 0 Å². The molecule has 1 aromatic heterocycles. The molecule has 0 bridgehead atoms. The number of rotatable bonds is 4. The highest BCUT2D eigenvalue weighted by Crippen LogP contribution is 2.17. The van der Waals surface area contributed by atoms with Crippen molar-refractivity contribution in [3.63, 3.8) is 0 Å². The third kappa shape index (κ3) is 2.84. The summed E-state index contributed by atoms with van der Waals surface area (Å²) in [5.74, 6) is 1.76. The fourth-order valence-corrected chi connectivity index (χ4v) is 1.90. The molecule has 2 rings (SSSR count). The number of hydrogen-bond acceptors (Lipinski definition) is 4. The van der Waals surface area contributed by atoms with Gasteiger partial charge in [0.15, 0.2) is 0 Å². The molecule has 1 aliphatic rings. The van der Waals surface area contributed by atoms with Crippen LogP contribution in [0.4, 0.5) is 0 Å². The minimum Gasteiger partial charge on any atom is -0.464 e. The number of furan rings is 1. The van der Waals surface area contributed by atoms with E-state index >= 15 is 0 Å². The van der Waals surface area contributed by atoms with Gasteiger partial charge >= 0.3 is 0 Å². The summed E-state index contributed by atoms with van der Waals surface area (Å²) >= 11 is 0. The second-order valence-electron chi connectivity index (χ2n) is 4.12. The lowest BCUT2D eigenvalue weighted by Gasteiger charge is -2.21. The maximum absolute atomic E-state index is 5.77. The molecule has 0 aromatic carbocycles. The van der Waals surface area contributed by atoms with Crippen LogP contribution in [0.3, 0.4) is 0 Å². The van der Waals surface area contributed by atoms with E-state index in [0.29, 0.717) is 19.3 Å². The maximum atomic E-state index is 5.77. The molecular weight excluding hydrogens is 206 g/mol. The van der Waals surface area contributed by atoms with Gasteiger partial charge in [0.1, 0.15) is 18.1 Å². The van der Waals surface area contributed by atoms with E-state index in [1.165, 1.54) is 0 Å². The van der Waals surface area contributed by atoms with Gasteiger partial charge in [0, 0.05) is 25.3 Å². The van der Waals surface area contributed by atoms with Crippen LogP contribution in [0.2, 0.25) is 0 Å². The van der Waals surface area contributed by atoms with E-state index in [-0.39, 0.29) is 0 Å². The van der Waals surface area contributed by atoms with Gasteiger partial charge in [0.05, 0.1) is 6.10 Å². The summed E-state index contributed by atoms with van der Waals surface area (Å²) in [7, 11) is 0. The number of hydrogen-bond donors (Lipinski definition) is 1. The van der Waals surface area contributed by atoms with Gasteiger partial charge in [0.2, 0.25) is 0 Å². The summed E-state index contributed by atoms with van der Waals surface area (Å²) < 4.78 is 16.6. The Kier molecular flexibility index (Phi) is 3.98. The average Bonchev–Trinajstić information content (AvgIpc) is 2.69. The Bertz CT molecular complexity index is 329. The van der Waals surface area contributed by atoms with Crippen molar-refractivity contribution in [2.45, 2.75) is 39.0 Å². The highest BCUT2D eigenvalue weighted by Gasteiger charge is 2.15. The third-order valence-electron chi connectivity index (χ3n) is 2.92. The van der Waals surface area contributed by atoms with Crippen molar-refractivity contribution in [3.05, 3.63) is 23.2 Å². The Labute approximate surface area is 95.7 Å². The van der Waals surface area contributed by atoms with Crippen molar-refractivity contribution in [3.8, 4) is 0 Å². The predicted molar refractivity (Wildman–Crippen MR) is 60.0 cm³/mol. The van der Waals surface area contributed by atoms with Gasteiger partial charge in [-0.05, 0) is 25.8 Å². The summed E-state index contributed by atoms with van der Waals surface area (Å²) in [5, 5.41) is 0. The van der Waals surface area contributed by atoms with Crippen LogP contribution in [0.1, 0.15) is 29.9 Å². The summed E-state index contributed by atoms with van der Waals surface area (Å²) in [6.45, 7) is 4.59. The van der Waals surface area contributed by atoms with Crippen LogP contribution in [0.25, 0.3) is 0 Å². The van der Waals surface area contributed by atoms with Gasteiger partial charge in [-0.25, -0.2) is 0 Å². The molecule has 90 valence electrons. The van der Waals surface area contributed by atoms with E-state index in [1.807, 2.05) is 13.0 Å². The lowest BCUT2D eigenvalue weighted by molar-refractivity contribution is -0.0434. The second kappa shape index (κ2) is 5.48. The van der Waals surface area contributed by atoms with Gasteiger partial charge in [-0.1, -0.05) is 0 Å². The predicted octanol–water partition coefficient (Wildman–Crippen LogP) is 1.74. The Morgan fingerprint density at radius 2 is 2.19 bits per heavy atom. The molecule has 1 aliphatic heterocycles. The van der Waals surface area contributed by atoms with Crippen LogP contribution < -0.4 is 5.73 Å². The first kappa shape index (κ1) is 11.6. The number of aryl methyl sites for hydroxylation is 1. The molecule has 0 amide bonds. The molecular formula is C12H19NO3. The molecule has 4 heteroatoms. The van der Waals surface area contributed by atoms with Crippen LogP contribution in [0, 0.1) is 6.92 Å². The zero-order valence-electron chi connectivity index (χ0n) is 9.70. The van der Waals surface area contributed by atoms with E-state index in [2.05, 4.69) is 0 Å². The zero-order chi connectivity index (χ0) is 11.4. The summed E-state index contributed by atoms with van der Waals surface area (Å²) in [5.41, 5.74) is 6.65. The minimum absolute atomic E-state index is 0.306. The average molecular weight is 225 g/mol. The number of nitrogens with two attached hydrogens (primary N) is 1. The molecule has 1 fully saturated rings. The maximum Gasteiger partial charge on any atom is 0.130 e. The summed E-state index contributed by atoms with van der Waals surface area (Å²) in [4.78, 5) is 0. The molecule has 2 N–H and O–H groups in total. The van der Waals surface area contributed by atoms with Crippen molar-refractivity contribution >= 4 is 0 Å². The Balaban J connectivity index is 1.83. The highest BCUT2D eigenvalue weighted by molar-refractivity contribution is 5.19. The van der Waals surface area contributed by atoms with E-state index in [0.717, 1.165) is 43.1 Å². The molecule has 1 aromatic rings. The largest absolute Gasteiger partial charge is 0.464 e. The van der Waals surface area contributed by atoms with Crippen molar-refractivity contribution in [1.82, 2.24) is 0 Å². The van der Waals surface area contributed by atoms with Crippen LogP contribution in [-0.4, -0.2) is 19.3 Å². The molecule has 2 heterocycles. The first-order valence-corrected chi connectivity index (χ1v) is 5.77. The smallest absolute Gasteiger partial charge is 0.130 e. The molecule has 0 aliphatic carbocycles. The molecule has 0 saturated carbocycles. The molecule has 4 nitrogen and oxygen atoms in total. The molecule has 0 spiro atoms. The normalized spacial score (nSPS) is 17.9. The minimum atomic E-state index is 0.306. The second-order valence-corrected chi connectivity index (χ2v) is 4.12.